The lowest BCUT2D eigenvalue weighted by Gasteiger charge is -2.17. The van der Waals surface area contributed by atoms with E-state index in [0.29, 0.717) is 6.61 Å². The summed E-state index contributed by atoms with van der Waals surface area (Å²) in [5.74, 6) is -1.33. The van der Waals surface area contributed by atoms with Crippen LogP contribution in [0.4, 0.5) is 4.39 Å². The average molecular weight is 429 g/mol. The molecule has 1 N–H and O–H groups in total. The number of pyridine rings is 1. The third-order valence-corrected chi connectivity index (χ3v) is 4.63. The van der Waals surface area contributed by atoms with Crippen LogP contribution in [0.3, 0.4) is 0 Å². The van der Waals surface area contributed by atoms with Crippen molar-refractivity contribution in [3.8, 4) is 11.1 Å². The highest BCUT2D eigenvalue weighted by Crippen LogP contribution is 2.32. The number of esters is 1. The van der Waals surface area contributed by atoms with Crippen LogP contribution in [0.1, 0.15) is 49.6 Å². The largest absolute Gasteiger partial charge is 0.469 e. The van der Waals surface area contributed by atoms with Gasteiger partial charge in [0.2, 0.25) is 0 Å². The molecule has 0 aliphatic carbocycles. The van der Waals surface area contributed by atoms with Gasteiger partial charge in [0.1, 0.15) is 18.0 Å². The molecular formula is C24H28FNO5. The van der Waals surface area contributed by atoms with Crippen molar-refractivity contribution in [3.05, 3.63) is 59.2 Å². The van der Waals surface area contributed by atoms with Crippen molar-refractivity contribution in [2.24, 2.45) is 0 Å². The lowest BCUT2D eigenvalue weighted by molar-refractivity contribution is -0.143. The minimum Gasteiger partial charge on any atom is -0.469 e. The Kier molecular flexibility index (Phi) is 9.03. The fourth-order valence-corrected chi connectivity index (χ4v) is 3.15. The maximum Gasteiger partial charge on any atom is 0.313 e. The summed E-state index contributed by atoms with van der Waals surface area (Å²) in [7, 11) is 2.79. The second-order valence-electron chi connectivity index (χ2n) is 7.48. The van der Waals surface area contributed by atoms with Crippen LogP contribution in [-0.4, -0.2) is 42.2 Å². The Morgan fingerprint density at radius 3 is 2.45 bits per heavy atom. The summed E-state index contributed by atoms with van der Waals surface area (Å²) >= 11 is 0. The monoisotopic (exact) mass is 429 g/mol. The molecule has 1 aromatic heterocycles. The maximum absolute atomic E-state index is 13.5. The van der Waals surface area contributed by atoms with Crippen LogP contribution in [0.25, 0.3) is 17.2 Å². The molecule has 6 nitrogen and oxygen atoms in total. The lowest BCUT2D eigenvalue weighted by atomic mass is 9.93. The molecule has 2 rings (SSSR count). The van der Waals surface area contributed by atoms with Gasteiger partial charge in [-0.1, -0.05) is 38.1 Å². The SMILES string of the molecule is COCc1cc(-c2ccc(F)cc2)c(/C=C/C(O)CC(=O)CC(=O)OC)c(C(C)C)n1. The summed E-state index contributed by atoms with van der Waals surface area (Å²) in [6.07, 6.45) is 1.56. The van der Waals surface area contributed by atoms with Crippen molar-refractivity contribution in [3.63, 3.8) is 0 Å². The number of aromatic nitrogens is 1. The van der Waals surface area contributed by atoms with E-state index in [1.54, 1.807) is 25.3 Å². The van der Waals surface area contributed by atoms with E-state index in [2.05, 4.69) is 4.74 Å². The van der Waals surface area contributed by atoms with Crippen molar-refractivity contribution >= 4 is 17.8 Å². The Labute approximate surface area is 181 Å². The molecule has 0 spiro atoms. The zero-order valence-electron chi connectivity index (χ0n) is 18.2. The highest BCUT2D eigenvalue weighted by atomic mass is 19.1. The highest BCUT2D eigenvalue weighted by molar-refractivity contribution is 5.95. The molecule has 2 aromatic rings. The van der Waals surface area contributed by atoms with Crippen molar-refractivity contribution < 1.29 is 28.6 Å². The Morgan fingerprint density at radius 2 is 1.87 bits per heavy atom. The van der Waals surface area contributed by atoms with Gasteiger partial charge in [-0.05, 0) is 35.2 Å². The number of Topliss-reactive ketones (excluding diaryl/α,β-unsaturated/α-hetero) is 1. The van der Waals surface area contributed by atoms with Crippen LogP contribution < -0.4 is 0 Å². The summed E-state index contributed by atoms with van der Waals surface area (Å²) in [5, 5.41) is 10.3. The third-order valence-electron chi connectivity index (χ3n) is 4.63. The quantitative estimate of drug-likeness (QED) is 0.453. The molecule has 0 amide bonds. The van der Waals surface area contributed by atoms with Gasteiger partial charge in [0, 0.05) is 19.1 Å². The molecule has 1 unspecified atom stereocenters. The molecule has 0 saturated carbocycles. The van der Waals surface area contributed by atoms with E-state index < -0.39 is 17.9 Å². The van der Waals surface area contributed by atoms with Crippen molar-refractivity contribution in [2.45, 2.75) is 45.3 Å². The summed E-state index contributed by atoms with van der Waals surface area (Å²) < 4.78 is 23.2. The summed E-state index contributed by atoms with van der Waals surface area (Å²) in [4.78, 5) is 27.8. The standard InChI is InChI=1S/C24H28FNO5/c1-15(2)24-21(10-9-19(27)12-20(28)13-23(29)31-4)22(11-18(26-24)14-30-3)16-5-7-17(25)8-6-16/h5-11,15,19,27H,12-14H2,1-4H3/b10-9+. The molecule has 31 heavy (non-hydrogen) atoms. The smallest absolute Gasteiger partial charge is 0.313 e. The van der Waals surface area contributed by atoms with Crippen LogP contribution in [-0.2, 0) is 25.7 Å². The van der Waals surface area contributed by atoms with E-state index in [9.17, 15) is 19.1 Å². The Hall–Kier alpha value is -2.90. The highest BCUT2D eigenvalue weighted by Gasteiger charge is 2.17. The topological polar surface area (TPSA) is 85.7 Å². The van der Waals surface area contributed by atoms with Crippen LogP contribution in [0.2, 0.25) is 0 Å². The third kappa shape index (κ3) is 7.08. The molecule has 0 bridgehead atoms. The molecule has 0 fully saturated rings. The van der Waals surface area contributed by atoms with E-state index >= 15 is 0 Å². The van der Waals surface area contributed by atoms with E-state index in [1.165, 1.54) is 25.3 Å². The van der Waals surface area contributed by atoms with Gasteiger partial charge in [-0.3, -0.25) is 14.6 Å². The number of hydrogen-bond acceptors (Lipinski definition) is 6. The number of aliphatic hydroxyl groups is 1. The van der Waals surface area contributed by atoms with Gasteiger partial charge in [0.05, 0.1) is 31.2 Å². The predicted molar refractivity (Wildman–Crippen MR) is 116 cm³/mol. The average Bonchev–Trinajstić information content (AvgIpc) is 2.72. The molecule has 166 valence electrons. The van der Waals surface area contributed by atoms with Crippen LogP contribution >= 0.6 is 0 Å². The molecule has 0 saturated heterocycles. The van der Waals surface area contributed by atoms with Crippen molar-refractivity contribution in [1.29, 1.82) is 0 Å². The van der Waals surface area contributed by atoms with Crippen LogP contribution in [0.15, 0.2) is 36.4 Å². The number of methoxy groups -OCH3 is 2. The minimum absolute atomic E-state index is 0.0637. The zero-order chi connectivity index (χ0) is 23.0. The van der Waals surface area contributed by atoms with Crippen LogP contribution in [0, 0.1) is 5.82 Å². The summed E-state index contributed by atoms with van der Waals surface area (Å²) in [6.45, 7) is 4.32. The molecular weight excluding hydrogens is 401 g/mol. The van der Waals surface area contributed by atoms with E-state index in [1.807, 2.05) is 19.9 Å². The lowest BCUT2D eigenvalue weighted by Crippen LogP contribution is -2.15. The summed E-state index contributed by atoms with van der Waals surface area (Å²) in [6, 6.07) is 8.00. The van der Waals surface area contributed by atoms with E-state index in [-0.39, 0.29) is 24.6 Å². The number of ketones is 1. The zero-order valence-corrected chi connectivity index (χ0v) is 18.2. The number of carbonyl (C=O) groups excluding carboxylic acids is 2. The molecule has 1 aromatic carbocycles. The number of rotatable bonds is 10. The normalized spacial score (nSPS) is 12.4. The fraction of sp³-hybridized carbons (Fsp3) is 0.375. The van der Waals surface area contributed by atoms with Crippen molar-refractivity contribution in [2.75, 3.05) is 14.2 Å². The number of hydrogen-bond donors (Lipinski definition) is 1. The van der Waals surface area contributed by atoms with Gasteiger partial charge in [-0.25, -0.2) is 4.39 Å². The van der Waals surface area contributed by atoms with E-state index in [4.69, 9.17) is 9.72 Å². The van der Waals surface area contributed by atoms with Gasteiger partial charge >= 0.3 is 5.97 Å². The number of carbonyl (C=O) groups is 2. The molecule has 7 heteroatoms. The number of halogens is 1. The molecule has 0 aliphatic rings. The second kappa shape index (κ2) is 11.5. The van der Waals surface area contributed by atoms with Crippen LogP contribution in [0.5, 0.6) is 0 Å². The number of aliphatic hydroxyl groups excluding tert-OH is 1. The maximum atomic E-state index is 13.5. The Bertz CT molecular complexity index is 938. The molecule has 0 aliphatic heterocycles. The van der Waals surface area contributed by atoms with Gasteiger partial charge in [0.25, 0.3) is 0 Å². The summed E-state index contributed by atoms with van der Waals surface area (Å²) in [5.41, 5.74) is 3.89. The van der Waals surface area contributed by atoms with Gasteiger partial charge in [-0.2, -0.15) is 0 Å². The van der Waals surface area contributed by atoms with E-state index in [0.717, 1.165) is 28.1 Å². The molecule has 1 atom stereocenters. The Balaban J connectivity index is 2.43. The predicted octanol–water partition coefficient (Wildman–Crippen LogP) is 4.05. The van der Waals surface area contributed by atoms with Gasteiger partial charge in [-0.15, -0.1) is 0 Å². The second-order valence-corrected chi connectivity index (χ2v) is 7.48. The van der Waals surface area contributed by atoms with Gasteiger partial charge < -0.3 is 14.6 Å². The number of nitrogens with zero attached hydrogens (tertiary/aromatic N) is 1. The molecule has 1 heterocycles. The first kappa shape index (κ1) is 24.4. The number of ether oxygens (including phenoxy) is 2. The first-order valence-corrected chi connectivity index (χ1v) is 9.98. The minimum atomic E-state index is -1.07. The first-order chi connectivity index (χ1) is 14.7. The Morgan fingerprint density at radius 1 is 1.19 bits per heavy atom. The van der Waals surface area contributed by atoms with Gasteiger partial charge in [0.15, 0.2) is 0 Å². The fourth-order valence-electron chi connectivity index (χ4n) is 3.15. The number of benzene rings is 1. The first-order valence-electron chi connectivity index (χ1n) is 9.98. The molecule has 0 radical (unpaired) electrons. The van der Waals surface area contributed by atoms with Crippen molar-refractivity contribution in [1.82, 2.24) is 4.98 Å².